The van der Waals surface area contributed by atoms with Crippen LogP contribution in [0.1, 0.15) is 26.7 Å². The van der Waals surface area contributed by atoms with Gasteiger partial charge < -0.3 is 10.1 Å². The Bertz CT molecular complexity index is 134. The Morgan fingerprint density at radius 1 is 1.36 bits per heavy atom. The number of hydrogen-bond donors (Lipinski definition) is 1. The van der Waals surface area contributed by atoms with Crippen molar-refractivity contribution in [1.82, 2.24) is 5.32 Å². The fourth-order valence-corrected chi connectivity index (χ4v) is 0.950. The summed E-state index contributed by atoms with van der Waals surface area (Å²) >= 11 is 0. The Labute approximate surface area is 70.4 Å². The summed E-state index contributed by atoms with van der Waals surface area (Å²) in [6.07, 6.45) is 2.17. The molecule has 0 radical (unpaired) electrons. The summed E-state index contributed by atoms with van der Waals surface area (Å²) in [7, 11) is 3.85. The van der Waals surface area contributed by atoms with Gasteiger partial charge in [-0.25, -0.2) is 0 Å². The number of rotatable bonds is 5. The Morgan fingerprint density at radius 3 is 2.36 bits per heavy atom. The maximum Gasteiger partial charge on any atom is 0.136 e. The quantitative estimate of drug-likeness (QED) is 0.469. The van der Waals surface area contributed by atoms with Gasteiger partial charge in [-0.3, -0.25) is 0 Å². The molecule has 0 saturated heterocycles. The molecule has 1 N–H and O–H groups in total. The number of hydrogen-bond acceptors (Lipinski definition) is 2. The van der Waals surface area contributed by atoms with Crippen molar-refractivity contribution in [3.63, 3.8) is 0 Å². The molecule has 0 aliphatic heterocycles. The molecule has 0 saturated carbocycles. The molecule has 0 heterocycles. The molecule has 3 heteroatoms. The Kier molecular flexibility index (Phi) is 6.04. The Hall–Kier alpha value is -0.435. The largest absolute Gasteiger partial charge is 0.367 e. The molecule has 0 atom stereocenters. The van der Waals surface area contributed by atoms with Gasteiger partial charge in [0, 0.05) is 12.8 Å². The van der Waals surface area contributed by atoms with Gasteiger partial charge in [0.2, 0.25) is 0 Å². The summed E-state index contributed by atoms with van der Waals surface area (Å²) in [4.78, 5) is 0. The normalized spacial score (nSPS) is 12.6. The van der Waals surface area contributed by atoms with Crippen LogP contribution in [0.15, 0.2) is 11.2 Å². The van der Waals surface area contributed by atoms with E-state index >= 15 is 0 Å². The van der Waals surface area contributed by atoms with Crippen molar-refractivity contribution in [3.8, 4) is 0 Å². The minimum Gasteiger partial charge on any atom is -0.367 e. The third-order valence-electron chi connectivity index (χ3n) is 1.83. The van der Waals surface area contributed by atoms with Crippen LogP contribution >= 0.6 is 0 Å². The van der Waals surface area contributed by atoms with Gasteiger partial charge in [-0.1, -0.05) is 19.3 Å². The monoisotopic (exact) mass is 155 g/mol. The van der Waals surface area contributed by atoms with E-state index in [0.29, 0.717) is 6.73 Å². The van der Waals surface area contributed by atoms with Gasteiger partial charge in [0.05, 0.1) is 0 Å². The molecule has 0 rings (SSSR count). The molecule has 0 amide bonds. The van der Waals surface area contributed by atoms with E-state index < -0.39 is 0 Å². The number of nitrogens with one attached hydrogen (secondary N) is 1. The Morgan fingerprint density at radius 2 is 2.00 bits per heavy atom. The van der Waals surface area contributed by atoms with Gasteiger partial charge in [0.1, 0.15) is 14.6 Å². The van der Waals surface area contributed by atoms with Crippen LogP contribution in [-0.4, -0.2) is 21.7 Å². The van der Waals surface area contributed by atoms with Gasteiger partial charge in [-0.2, -0.15) is 0 Å². The van der Waals surface area contributed by atoms with Crippen molar-refractivity contribution in [3.05, 3.63) is 11.2 Å². The fraction of sp³-hybridized carbons (Fsp3) is 0.750. The first kappa shape index (κ1) is 10.6. The molecule has 11 heavy (non-hydrogen) atoms. The van der Waals surface area contributed by atoms with Crippen LogP contribution in [0.4, 0.5) is 0 Å². The van der Waals surface area contributed by atoms with Crippen LogP contribution < -0.4 is 5.32 Å². The molecule has 0 fully saturated rings. The van der Waals surface area contributed by atoms with Crippen LogP contribution in [0.2, 0.25) is 0 Å². The van der Waals surface area contributed by atoms with E-state index in [1.54, 1.807) is 7.11 Å². The van der Waals surface area contributed by atoms with Crippen LogP contribution in [0.5, 0.6) is 0 Å². The van der Waals surface area contributed by atoms with Crippen LogP contribution in [0.3, 0.4) is 0 Å². The fourth-order valence-electron chi connectivity index (χ4n) is 0.950. The number of ether oxygens (including phenoxy) is 1. The van der Waals surface area contributed by atoms with E-state index in [-0.39, 0.29) is 0 Å². The highest BCUT2D eigenvalue weighted by Crippen LogP contribution is 2.04. The minimum absolute atomic E-state index is 0.612. The van der Waals surface area contributed by atoms with Gasteiger partial charge in [0.25, 0.3) is 0 Å². The highest BCUT2D eigenvalue weighted by molar-refractivity contribution is 6.21. The zero-order valence-electron chi connectivity index (χ0n) is 8.03. The lowest BCUT2D eigenvalue weighted by Gasteiger charge is -2.11. The van der Waals surface area contributed by atoms with Crippen molar-refractivity contribution in [2.45, 2.75) is 26.7 Å². The van der Waals surface area contributed by atoms with E-state index in [9.17, 15) is 0 Å². The Balaban J connectivity index is 3.92. The molecule has 0 aromatic heterocycles. The van der Waals surface area contributed by atoms with Gasteiger partial charge in [-0.15, -0.1) is 0 Å². The first-order valence-electron chi connectivity index (χ1n) is 4.17. The molecule has 2 nitrogen and oxygen atoms in total. The maximum atomic E-state index is 4.92. The summed E-state index contributed by atoms with van der Waals surface area (Å²) in [6, 6.07) is 0. The highest BCUT2D eigenvalue weighted by Gasteiger charge is 1.95. The molecule has 0 aromatic carbocycles. The molecule has 0 unspecified atom stereocenters. The van der Waals surface area contributed by atoms with E-state index in [1.807, 2.05) is 0 Å². The lowest BCUT2D eigenvalue weighted by molar-refractivity contribution is 0.183. The van der Waals surface area contributed by atoms with E-state index in [2.05, 4.69) is 27.0 Å². The SMILES string of the molecule is B/C(CC)=C(/CC)NCOC. The lowest BCUT2D eigenvalue weighted by Crippen LogP contribution is -2.17. The standard InChI is InChI=1S/C8H18BNO/c1-4-7(9)8(5-2)10-6-11-3/h10H,4-6,9H2,1-3H3/b8-7-. The first-order chi connectivity index (χ1) is 5.26. The minimum atomic E-state index is 0.612. The van der Waals surface area contributed by atoms with Crippen molar-refractivity contribution in [2.75, 3.05) is 13.8 Å². The lowest BCUT2D eigenvalue weighted by atomic mass is 9.90. The van der Waals surface area contributed by atoms with Crippen molar-refractivity contribution in [1.29, 1.82) is 0 Å². The summed E-state index contributed by atoms with van der Waals surface area (Å²) < 4.78 is 4.92. The second-order valence-corrected chi connectivity index (χ2v) is 2.58. The predicted molar refractivity (Wildman–Crippen MR) is 51.2 cm³/mol. The van der Waals surface area contributed by atoms with Crippen molar-refractivity contribution >= 4 is 7.85 Å². The third-order valence-corrected chi connectivity index (χ3v) is 1.83. The summed E-state index contributed by atoms with van der Waals surface area (Å²) in [5.74, 6) is 0. The van der Waals surface area contributed by atoms with Crippen LogP contribution in [0, 0.1) is 0 Å². The van der Waals surface area contributed by atoms with Gasteiger partial charge >= 0.3 is 0 Å². The molecule has 0 aliphatic rings. The summed E-state index contributed by atoms with van der Waals surface area (Å²) in [5, 5.41) is 3.23. The third kappa shape index (κ3) is 4.09. The highest BCUT2D eigenvalue weighted by atomic mass is 16.5. The second-order valence-electron chi connectivity index (χ2n) is 2.58. The molecule has 0 bridgehead atoms. The van der Waals surface area contributed by atoms with Crippen LogP contribution in [-0.2, 0) is 4.74 Å². The summed E-state index contributed by atoms with van der Waals surface area (Å²) in [5.41, 5.74) is 2.74. The number of methoxy groups -OCH3 is 1. The average molecular weight is 155 g/mol. The average Bonchev–Trinajstić information content (AvgIpc) is 2.05. The zero-order valence-corrected chi connectivity index (χ0v) is 8.03. The van der Waals surface area contributed by atoms with Gasteiger partial charge in [-0.05, 0) is 12.8 Å². The molecule has 0 spiro atoms. The first-order valence-corrected chi connectivity index (χ1v) is 4.17. The van der Waals surface area contributed by atoms with E-state index in [0.717, 1.165) is 12.8 Å². The summed E-state index contributed by atoms with van der Waals surface area (Å²) in [6.45, 7) is 4.93. The topological polar surface area (TPSA) is 21.3 Å². The predicted octanol–water partition coefficient (Wildman–Crippen LogP) is 0.845. The molecular formula is C8H18BNO. The van der Waals surface area contributed by atoms with Crippen molar-refractivity contribution < 1.29 is 4.74 Å². The number of allylic oxidation sites excluding steroid dienone is 2. The molecular weight excluding hydrogens is 137 g/mol. The molecule has 64 valence electrons. The van der Waals surface area contributed by atoms with Gasteiger partial charge in [0.15, 0.2) is 0 Å². The second kappa shape index (κ2) is 6.29. The molecule has 0 aromatic rings. The van der Waals surface area contributed by atoms with E-state index in [4.69, 9.17) is 4.74 Å². The van der Waals surface area contributed by atoms with Crippen LogP contribution in [0.25, 0.3) is 0 Å². The zero-order chi connectivity index (χ0) is 8.69. The molecule has 0 aliphatic carbocycles. The maximum absolute atomic E-state index is 4.92. The van der Waals surface area contributed by atoms with E-state index in [1.165, 1.54) is 11.2 Å². The van der Waals surface area contributed by atoms with Crippen molar-refractivity contribution in [2.24, 2.45) is 0 Å². The smallest absolute Gasteiger partial charge is 0.136 e.